The van der Waals surface area contributed by atoms with Crippen molar-refractivity contribution in [3.05, 3.63) is 58.4 Å². The number of halogens is 5. The average molecular weight is 600 g/mol. The van der Waals surface area contributed by atoms with Crippen molar-refractivity contribution in [1.82, 2.24) is 10.2 Å². The number of nitrogens with one attached hydrogen (secondary N) is 1. The molecule has 0 saturated carbocycles. The lowest BCUT2D eigenvalue weighted by atomic mass is 9.97. The number of anilines is 1. The minimum atomic E-state index is -4.56. The molecule has 1 fully saturated rings. The van der Waals surface area contributed by atoms with Crippen LogP contribution < -0.4 is 15.0 Å². The number of nitrogens with zero attached hydrogens (tertiary/aromatic N) is 2. The van der Waals surface area contributed by atoms with E-state index in [9.17, 15) is 31.9 Å². The summed E-state index contributed by atoms with van der Waals surface area (Å²) in [7, 11) is 0. The molecule has 3 amide bonds. The quantitative estimate of drug-likeness (QED) is 0.468. The molecular weight excluding hydrogens is 570 g/mol. The Morgan fingerprint density at radius 1 is 1.10 bits per heavy atom. The summed E-state index contributed by atoms with van der Waals surface area (Å²) < 4.78 is 65.1. The first kappa shape index (κ1) is 30.4. The molecule has 0 aromatic heterocycles. The lowest BCUT2D eigenvalue weighted by Crippen LogP contribution is -2.59. The zero-order chi connectivity index (χ0) is 30.1. The van der Waals surface area contributed by atoms with Gasteiger partial charge in [0.2, 0.25) is 5.91 Å². The number of hydrogen-bond donors (Lipinski definition) is 1. The summed E-state index contributed by atoms with van der Waals surface area (Å²) in [6.07, 6.45) is -4.87. The third-order valence-corrected chi connectivity index (χ3v) is 7.03. The number of carbonyl (C=O) groups is 3. The summed E-state index contributed by atoms with van der Waals surface area (Å²) in [6, 6.07) is 5.89. The number of carbonyl (C=O) groups excluding carboxylic acids is 3. The molecule has 0 radical (unpaired) electrons. The lowest BCUT2D eigenvalue weighted by Gasteiger charge is -2.40. The van der Waals surface area contributed by atoms with Gasteiger partial charge in [-0.1, -0.05) is 17.7 Å². The van der Waals surface area contributed by atoms with Gasteiger partial charge in [0.1, 0.15) is 23.2 Å². The van der Waals surface area contributed by atoms with Crippen molar-refractivity contribution in [3.8, 4) is 5.75 Å². The molecule has 0 aliphatic carbocycles. The van der Waals surface area contributed by atoms with Gasteiger partial charge in [0.15, 0.2) is 6.61 Å². The lowest BCUT2D eigenvalue weighted by molar-refractivity contribution is -0.138. The number of piperidine rings is 1. The van der Waals surface area contributed by atoms with Crippen molar-refractivity contribution in [1.29, 1.82) is 0 Å². The number of fused-ring (bicyclic) bond motifs is 1. The van der Waals surface area contributed by atoms with E-state index >= 15 is 0 Å². The number of likely N-dealkylation sites (tertiary alicyclic amines) is 1. The van der Waals surface area contributed by atoms with Gasteiger partial charge in [-0.15, -0.1) is 0 Å². The van der Waals surface area contributed by atoms with Crippen molar-refractivity contribution in [2.75, 3.05) is 24.6 Å². The molecule has 0 unspecified atom stereocenters. The second kappa shape index (κ2) is 11.8. The highest BCUT2D eigenvalue weighted by Crippen LogP contribution is 2.40. The molecule has 222 valence electrons. The van der Waals surface area contributed by atoms with E-state index in [2.05, 4.69) is 5.32 Å². The molecule has 1 saturated heterocycles. The zero-order valence-corrected chi connectivity index (χ0v) is 23.4. The summed E-state index contributed by atoms with van der Waals surface area (Å²) in [5.41, 5.74) is -1.46. The van der Waals surface area contributed by atoms with Crippen LogP contribution in [0.1, 0.15) is 44.7 Å². The number of hydrogen-bond acceptors (Lipinski definition) is 5. The molecule has 0 spiro atoms. The van der Waals surface area contributed by atoms with E-state index in [0.717, 1.165) is 12.1 Å². The SMILES string of the molecule is CC(C)(C)OC(=O)N1C[C@@H](NC(=O)COc2ccc(Cl)c(F)c2)CC[C@@H]1C(=O)N1CCc2c1cccc2C(F)(F)F. The van der Waals surface area contributed by atoms with E-state index in [1.165, 1.54) is 34.1 Å². The van der Waals surface area contributed by atoms with E-state index in [-0.39, 0.29) is 48.0 Å². The molecule has 2 heterocycles. The van der Waals surface area contributed by atoms with Crippen LogP contribution in [0.25, 0.3) is 0 Å². The van der Waals surface area contributed by atoms with Crippen LogP contribution in [0.4, 0.5) is 28.0 Å². The van der Waals surface area contributed by atoms with Crippen LogP contribution in [0.3, 0.4) is 0 Å². The summed E-state index contributed by atoms with van der Waals surface area (Å²) >= 11 is 5.65. The Kier molecular flexibility index (Phi) is 8.72. The molecule has 1 N–H and O–H groups in total. The van der Waals surface area contributed by atoms with Crippen molar-refractivity contribution >= 4 is 35.2 Å². The van der Waals surface area contributed by atoms with E-state index in [0.29, 0.717) is 6.42 Å². The van der Waals surface area contributed by atoms with Crippen LogP contribution >= 0.6 is 11.6 Å². The number of benzene rings is 2. The largest absolute Gasteiger partial charge is 0.484 e. The smallest absolute Gasteiger partial charge is 0.416 e. The van der Waals surface area contributed by atoms with Gasteiger partial charge in [-0.05, 0) is 69.9 Å². The van der Waals surface area contributed by atoms with Gasteiger partial charge in [0, 0.05) is 30.9 Å². The van der Waals surface area contributed by atoms with Gasteiger partial charge in [0.05, 0.1) is 10.6 Å². The normalized spacial score (nSPS) is 19.0. The summed E-state index contributed by atoms with van der Waals surface area (Å²) in [5.74, 6) is -1.65. The van der Waals surface area contributed by atoms with Gasteiger partial charge in [0.25, 0.3) is 5.91 Å². The van der Waals surface area contributed by atoms with Crippen LogP contribution in [0.2, 0.25) is 5.02 Å². The predicted molar refractivity (Wildman–Crippen MR) is 142 cm³/mol. The molecule has 0 bridgehead atoms. The van der Waals surface area contributed by atoms with Crippen molar-refractivity contribution in [3.63, 3.8) is 0 Å². The second-order valence-electron chi connectivity index (χ2n) is 10.9. The number of ether oxygens (including phenoxy) is 2. The summed E-state index contributed by atoms with van der Waals surface area (Å²) in [5, 5.41) is 2.66. The van der Waals surface area contributed by atoms with Gasteiger partial charge in [-0.25, -0.2) is 9.18 Å². The predicted octanol–water partition coefficient (Wildman–Crippen LogP) is 5.35. The molecule has 8 nitrogen and oxygen atoms in total. The first-order chi connectivity index (χ1) is 19.1. The van der Waals surface area contributed by atoms with Gasteiger partial charge in [-0.3, -0.25) is 14.5 Å². The number of alkyl halides is 3. The standard InChI is InChI=1S/C28H30ClF4N3O5/c1-27(2,3)41-26(39)36-14-16(34-24(37)15-40-17-8-9-20(29)21(30)13-17)7-10-23(36)25(38)35-12-11-18-19(28(31,32)33)5-4-6-22(18)35/h4-6,8-9,13,16,23H,7,10-12,14-15H2,1-3H3,(H,34,37)/t16-,23+/m0/s1. The average Bonchev–Trinajstić information content (AvgIpc) is 3.31. The summed E-state index contributed by atoms with van der Waals surface area (Å²) in [4.78, 5) is 41.9. The second-order valence-corrected chi connectivity index (χ2v) is 11.3. The fraction of sp³-hybridized carbons (Fsp3) is 0.464. The molecule has 2 aliphatic heterocycles. The van der Waals surface area contributed by atoms with Gasteiger partial charge < -0.3 is 19.7 Å². The molecule has 13 heteroatoms. The first-order valence-corrected chi connectivity index (χ1v) is 13.4. The maximum atomic E-state index is 13.7. The third-order valence-electron chi connectivity index (χ3n) is 6.72. The van der Waals surface area contributed by atoms with E-state index in [1.54, 1.807) is 20.8 Å². The van der Waals surface area contributed by atoms with Crippen LogP contribution in [-0.2, 0) is 26.9 Å². The number of amides is 3. The van der Waals surface area contributed by atoms with Crippen molar-refractivity contribution in [2.45, 2.75) is 63.9 Å². The molecule has 41 heavy (non-hydrogen) atoms. The van der Waals surface area contributed by atoms with E-state index in [1.807, 2.05) is 0 Å². The van der Waals surface area contributed by atoms with Gasteiger partial charge >= 0.3 is 12.3 Å². The summed E-state index contributed by atoms with van der Waals surface area (Å²) in [6.45, 7) is 4.53. The minimum absolute atomic E-state index is 0.0338. The molecule has 2 atom stereocenters. The minimum Gasteiger partial charge on any atom is -0.484 e. The maximum absolute atomic E-state index is 13.7. The fourth-order valence-electron chi connectivity index (χ4n) is 4.96. The molecule has 2 aromatic carbocycles. The Morgan fingerprint density at radius 2 is 1.83 bits per heavy atom. The Labute approximate surface area is 239 Å². The van der Waals surface area contributed by atoms with Crippen LogP contribution in [-0.4, -0.2) is 60.2 Å². The monoisotopic (exact) mass is 599 g/mol. The highest BCUT2D eigenvalue weighted by molar-refractivity contribution is 6.30. The zero-order valence-electron chi connectivity index (χ0n) is 22.7. The van der Waals surface area contributed by atoms with Crippen LogP contribution in [0, 0.1) is 5.82 Å². The van der Waals surface area contributed by atoms with Crippen molar-refractivity contribution in [2.24, 2.45) is 0 Å². The number of rotatable bonds is 5. The Morgan fingerprint density at radius 3 is 2.49 bits per heavy atom. The topological polar surface area (TPSA) is 88.2 Å². The van der Waals surface area contributed by atoms with Gasteiger partial charge in [-0.2, -0.15) is 13.2 Å². The Balaban J connectivity index is 1.47. The third kappa shape index (κ3) is 7.22. The maximum Gasteiger partial charge on any atom is 0.416 e. The fourth-order valence-corrected chi connectivity index (χ4v) is 5.08. The Bertz CT molecular complexity index is 1330. The molecule has 4 rings (SSSR count). The molecule has 2 aliphatic rings. The van der Waals surface area contributed by atoms with E-state index < -0.39 is 59.8 Å². The first-order valence-electron chi connectivity index (χ1n) is 13.0. The molecule has 2 aromatic rings. The highest BCUT2D eigenvalue weighted by Gasteiger charge is 2.43. The van der Waals surface area contributed by atoms with E-state index in [4.69, 9.17) is 21.1 Å². The van der Waals surface area contributed by atoms with Crippen LogP contribution in [0.15, 0.2) is 36.4 Å². The van der Waals surface area contributed by atoms with Crippen molar-refractivity contribution < 1.29 is 41.4 Å². The Hall–Kier alpha value is -3.54. The highest BCUT2D eigenvalue weighted by atomic mass is 35.5. The van der Waals surface area contributed by atoms with Crippen LogP contribution in [0.5, 0.6) is 5.75 Å². The molecular formula is C28H30ClF4N3O5.